The van der Waals surface area contributed by atoms with Crippen molar-refractivity contribution in [2.45, 2.75) is 30.0 Å². The van der Waals surface area contributed by atoms with Crippen molar-refractivity contribution < 1.29 is 9.90 Å². The van der Waals surface area contributed by atoms with Crippen molar-refractivity contribution in [3.8, 4) is 10.4 Å². The molecule has 0 amide bonds. The summed E-state index contributed by atoms with van der Waals surface area (Å²) in [6.45, 7) is 3.88. The van der Waals surface area contributed by atoms with E-state index in [1.165, 1.54) is 0 Å². The number of carboxylic acids is 1. The minimum absolute atomic E-state index is 0.0952. The Morgan fingerprint density at radius 2 is 2.05 bits per heavy atom. The van der Waals surface area contributed by atoms with E-state index >= 15 is 0 Å². The minimum Gasteiger partial charge on any atom is -0.480 e. The smallest absolute Gasteiger partial charge is 0.322 e. The Morgan fingerprint density at radius 3 is 2.64 bits per heavy atom. The van der Waals surface area contributed by atoms with Gasteiger partial charge in [-0.15, -0.1) is 23.1 Å². The summed E-state index contributed by atoms with van der Waals surface area (Å²) in [7, 11) is 0. The zero-order valence-corrected chi connectivity index (χ0v) is 14.4. The second kappa shape index (κ2) is 5.85. The Morgan fingerprint density at radius 1 is 1.36 bits per heavy atom. The largest absolute Gasteiger partial charge is 0.480 e. The van der Waals surface area contributed by atoms with E-state index in [0.29, 0.717) is 5.02 Å². The first-order chi connectivity index (χ1) is 10.4. The van der Waals surface area contributed by atoms with Crippen LogP contribution in [0.1, 0.15) is 24.2 Å². The quantitative estimate of drug-likeness (QED) is 0.871. The molecule has 1 aromatic heterocycles. The molecule has 4 nitrogen and oxygen atoms in total. The average Bonchev–Trinajstić information content (AvgIpc) is 3.03. The summed E-state index contributed by atoms with van der Waals surface area (Å²) in [5.74, 6) is -0.825. The van der Waals surface area contributed by atoms with Crippen molar-refractivity contribution in [3.63, 3.8) is 0 Å². The third-order valence-electron chi connectivity index (χ3n) is 3.56. The van der Waals surface area contributed by atoms with Gasteiger partial charge in [-0.05, 0) is 31.5 Å². The van der Waals surface area contributed by atoms with Crippen molar-refractivity contribution in [3.05, 3.63) is 40.5 Å². The van der Waals surface area contributed by atoms with E-state index < -0.39 is 12.0 Å². The van der Waals surface area contributed by atoms with Crippen molar-refractivity contribution >= 4 is 40.7 Å². The second-order valence-corrected chi connectivity index (χ2v) is 8.87. The molecule has 2 aromatic rings. The van der Waals surface area contributed by atoms with Gasteiger partial charge in [0.25, 0.3) is 0 Å². The lowest BCUT2D eigenvalue weighted by atomic mass is 10.0. The van der Waals surface area contributed by atoms with Crippen LogP contribution in [0.3, 0.4) is 0 Å². The van der Waals surface area contributed by atoms with Gasteiger partial charge in [0.15, 0.2) is 0 Å². The topological polar surface area (TPSA) is 62.2 Å². The number of benzene rings is 1. The van der Waals surface area contributed by atoms with Gasteiger partial charge in [-0.1, -0.05) is 23.7 Å². The van der Waals surface area contributed by atoms with Crippen LogP contribution in [-0.2, 0) is 4.79 Å². The van der Waals surface area contributed by atoms with Crippen LogP contribution in [0.2, 0.25) is 5.02 Å². The van der Waals surface area contributed by atoms with Crippen LogP contribution in [0.15, 0.2) is 30.5 Å². The molecule has 1 aromatic carbocycles. The second-order valence-electron chi connectivity index (χ2n) is 5.61. The molecule has 2 heterocycles. The molecule has 2 atom stereocenters. The molecule has 2 N–H and O–H groups in total. The lowest BCUT2D eigenvalue weighted by Crippen LogP contribution is -2.43. The number of nitrogens with zero attached hydrogens (tertiary/aromatic N) is 1. The molecular weight excluding hydrogens is 340 g/mol. The lowest BCUT2D eigenvalue weighted by molar-refractivity contribution is -0.139. The fraction of sp³-hybridized carbons (Fsp3) is 0.333. The molecule has 116 valence electrons. The third-order valence-corrected chi connectivity index (χ3v) is 6.51. The van der Waals surface area contributed by atoms with Crippen LogP contribution >= 0.6 is 34.7 Å². The van der Waals surface area contributed by atoms with Crippen molar-refractivity contribution in [2.24, 2.45) is 0 Å². The number of rotatable bonds is 3. The SMILES string of the molecule is CC1(C)SC(c2ncc(-c3ccc(Cl)cc3)s2)NC1C(=O)O. The first-order valence-electron chi connectivity index (χ1n) is 6.75. The van der Waals surface area contributed by atoms with Crippen LogP contribution in [-0.4, -0.2) is 26.8 Å². The summed E-state index contributed by atoms with van der Waals surface area (Å²) in [6.07, 6.45) is 1.83. The van der Waals surface area contributed by atoms with Gasteiger partial charge in [-0.25, -0.2) is 4.98 Å². The highest BCUT2D eigenvalue weighted by molar-refractivity contribution is 8.01. The highest BCUT2D eigenvalue weighted by Gasteiger charge is 2.46. The van der Waals surface area contributed by atoms with E-state index in [0.717, 1.165) is 15.4 Å². The average molecular weight is 355 g/mol. The predicted molar refractivity (Wildman–Crippen MR) is 91.5 cm³/mol. The Labute approximate surface area is 141 Å². The summed E-state index contributed by atoms with van der Waals surface area (Å²) >= 11 is 9.08. The maximum absolute atomic E-state index is 11.3. The Hall–Kier alpha value is -1.08. The maximum atomic E-state index is 11.3. The molecular formula is C15H15ClN2O2S2. The summed E-state index contributed by atoms with van der Waals surface area (Å²) < 4.78 is -0.372. The minimum atomic E-state index is -0.825. The maximum Gasteiger partial charge on any atom is 0.322 e. The van der Waals surface area contributed by atoms with Crippen LogP contribution in [0.4, 0.5) is 0 Å². The predicted octanol–water partition coefficient (Wildman–Crippen LogP) is 4.03. The number of carboxylic acid groups (broad SMARTS) is 1. The summed E-state index contributed by atoms with van der Waals surface area (Å²) in [5, 5.41) is 14.0. The molecule has 1 saturated heterocycles. The number of thioether (sulfide) groups is 1. The highest BCUT2D eigenvalue weighted by atomic mass is 35.5. The summed E-state index contributed by atoms with van der Waals surface area (Å²) in [4.78, 5) is 16.9. The zero-order valence-electron chi connectivity index (χ0n) is 12.0. The number of halogens is 1. The van der Waals surface area contributed by atoms with Gasteiger partial charge in [0.1, 0.15) is 16.4 Å². The van der Waals surface area contributed by atoms with E-state index in [1.54, 1.807) is 23.1 Å². The molecule has 0 aliphatic carbocycles. The molecule has 2 unspecified atom stereocenters. The number of carbonyl (C=O) groups is 1. The number of nitrogens with one attached hydrogen (secondary N) is 1. The number of hydrogen-bond acceptors (Lipinski definition) is 5. The van der Waals surface area contributed by atoms with Gasteiger partial charge in [-0.3, -0.25) is 10.1 Å². The molecule has 0 bridgehead atoms. The van der Waals surface area contributed by atoms with Gasteiger partial charge in [0.05, 0.1) is 4.88 Å². The zero-order chi connectivity index (χ0) is 15.9. The molecule has 3 rings (SSSR count). The molecule has 1 aliphatic heterocycles. The first kappa shape index (κ1) is 15.8. The van der Waals surface area contributed by atoms with E-state index in [2.05, 4.69) is 10.3 Å². The fourth-order valence-electron chi connectivity index (χ4n) is 2.40. The molecule has 0 saturated carbocycles. The van der Waals surface area contributed by atoms with Crippen molar-refractivity contribution in [1.82, 2.24) is 10.3 Å². The van der Waals surface area contributed by atoms with Crippen LogP contribution in [0.25, 0.3) is 10.4 Å². The first-order valence-corrected chi connectivity index (χ1v) is 8.82. The molecule has 1 fully saturated rings. The van der Waals surface area contributed by atoms with Gasteiger partial charge >= 0.3 is 5.97 Å². The Balaban J connectivity index is 1.83. The van der Waals surface area contributed by atoms with Crippen LogP contribution in [0, 0.1) is 0 Å². The molecule has 0 spiro atoms. The fourth-order valence-corrected chi connectivity index (χ4v) is 4.96. The summed E-state index contributed by atoms with van der Waals surface area (Å²) in [5.41, 5.74) is 1.06. The molecule has 1 aliphatic rings. The van der Waals surface area contributed by atoms with Gasteiger partial charge in [0.2, 0.25) is 0 Å². The molecule has 7 heteroatoms. The molecule has 22 heavy (non-hydrogen) atoms. The Bertz CT molecular complexity index is 700. The summed E-state index contributed by atoms with van der Waals surface area (Å²) in [6, 6.07) is 7.04. The van der Waals surface area contributed by atoms with Crippen LogP contribution < -0.4 is 5.32 Å². The van der Waals surface area contributed by atoms with E-state index in [9.17, 15) is 9.90 Å². The number of thiazole rings is 1. The number of aliphatic carboxylic acids is 1. The van der Waals surface area contributed by atoms with Crippen molar-refractivity contribution in [1.29, 1.82) is 0 Å². The number of aromatic nitrogens is 1. The van der Waals surface area contributed by atoms with Gasteiger partial charge in [0, 0.05) is 16.0 Å². The standard InChI is InChI=1S/C15H15ClN2O2S2/c1-15(2)11(14(19)20)18-13(22-15)12-17-7-10(21-12)8-3-5-9(16)6-4-8/h3-7,11,13,18H,1-2H3,(H,19,20). The van der Waals surface area contributed by atoms with E-state index in [-0.39, 0.29) is 10.1 Å². The van der Waals surface area contributed by atoms with Gasteiger partial charge < -0.3 is 5.11 Å². The Kier molecular flexibility index (Phi) is 4.20. The van der Waals surface area contributed by atoms with Gasteiger partial charge in [-0.2, -0.15) is 0 Å². The monoisotopic (exact) mass is 354 g/mol. The van der Waals surface area contributed by atoms with Crippen molar-refractivity contribution in [2.75, 3.05) is 0 Å². The molecule has 0 radical (unpaired) electrons. The number of hydrogen-bond donors (Lipinski definition) is 2. The van der Waals surface area contributed by atoms with E-state index in [4.69, 9.17) is 11.6 Å². The lowest BCUT2D eigenvalue weighted by Gasteiger charge is -2.20. The van der Waals surface area contributed by atoms with E-state index in [1.807, 2.05) is 44.3 Å². The third kappa shape index (κ3) is 3.01. The normalized spacial score (nSPS) is 23.6. The highest BCUT2D eigenvalue weighted by Crippen LogP contribution is 2.47. The van der Waals surface area contributed by atoms with Crippen LogP contribution in [0.5, 0.6) is 0 Å².